The monoisotopic (exact) mass is 288 g/mol. The highest BCUT2D eigenvalue weighted by Gasteiger charge is 2.15. The molecule has 2 amide bonds. The molecule has 1 atom stereocenters. The van der Waals surface area contributed by atoms with Crippen LogP contribution >= 0.6 is 23.2 Å². The lowest BCUT2D eigenvalue weighted by Crippen LogP contribution is -2.44. The number of carbonyl (C=O) groups excluding carboxylic acids is 2. The Kier molecular flexibility index (Phi) is 5.44. The largest absolute Gasteiger partial charge is 0.357 e. The van der Waals surface area contributed by atoms with Gasteiger partial charge in [-0.1, -0.05) is 23.2 Å². The molecular formula is C12H14Cl2N2O2. The maximum absolute atomic E-state index is 11.7. The van der Waals surface area contributed by atoms with E-state index in [0.29, 0.717) is 15.6 Å². The second-order valence-electron chi connectivity index (χ2n) is 3.82. The molecule has 1 aromatic carbocycles. The number of carbonyl (C=O) groups is 2. The zero-order valence-corrected chi connectivity index (χ0v) is 11.6. The smallest absolute Gasteiger partial charge is 0.242 e. The van der Waals surface area contributed by atoms with Gasteiger partial charge in [0.15, 0.2) is 0 Å². The van der Waals surface area contributed by atoms with Gasteiger partial charge in [0.1, 0.15) is 6.04 Å². The fourth-order valence-corrected chi connectivity index (χ4v) is 1.81. The zero-order chi connectivity index (χ0) is 13.7. The highest BCUT2D eigenvalue weighted by atomic mass is 35.5. The minimum atomic E-state index is -0.583. The van der Waals surface area contributed by atoms with Crippen LogP contribution in [-0.4, -0.2) is 24.9 Å². The van der Waals surface area contributed by atoms with Crippen molar-refractivity contribution in [1.82, 2.24) is 10.6 Å². The van der Waals surface area contributed by atoms with Crippen molar-refractivity contribution in [3.63, 3.8) is 0 Å². The normalized spacial score (nSPS) is 11.8. The summed E-state index contributed by atoms with van der Waals surface area (Å²) in [5.74, 6) is -0.532. The van der Waals surface area contributed by atoms with E-state index >= 15 is 0 Å². The Hall–Kier alpha value is -1.26. The molecule has 0 bridgehead atoms. The van der Waals surface area contributed by atoms with Crippen LogP contribution < -0.4 is 10.6 Å². The maximum Gasteiger partial charge on any atom is 0.242 e. The van der Waals surface area contributed by atoms with E-state index in [1.165, 1.54) is 7.05 Å². The molecule has 1 rings (SSSR count). The van der Waals surface area contributed by atoms with Crippen molar-refractivity contribution in [2.75, 3.05) is 7.05 Å². The van der Waals surface area contributed by atoms with Crippen LogP contribution in [0.15, 0.2) is 18.2 Å². The average Bonchev–Trinajstić information content (AvgIpc) is 2.32. The Morgan fingerprint density at radius 1 is 1.33 bits per heavy atom. The van der Waals surface area contributed by atoms with Crippen LogP contribution in [0.25, 0.3) is 0 Å². The van der Waals surface area contributed by atoms with E-state index in [1.807, 2.05) is 0 Å². The fourth-order valence-electron chi connectivity index (χ4n) is 1.43. The molecule has 0 heterocycles. The SMILES string of the molecule is CNC(=O)[C@H](C)NC(=O)Cc1cc(Cl)ccc1Cl. The molecular weight excluding hydrogens is 275 g/mol. The Morgan fingerprint density at radius 3 is 2.61 bits per heavy atom. The summed E-state index contributed by atoms with van der Waals surface area (Å²) in [5.41, 5.74) is 0.630. The van der Waals surface area contributed by atoms with E-state index in [-0.39, 0.29) is 18.2 Å². The van der Waals surface area contributed by atoms with Crippen molar-refractivity contribution in [2.24, 2.45) is 0 Å². The number of hydrogen-bond acceptors (Lipinski definition) is 2. The molecule has 4 nitrogen and oxygen atoms in total. The van der Waals surface area contributed by atoms with Crippen molar-refractivity contribution in [3.8, 4) is 0 Å². The molecule has 0 aliphatic heterocycles. The highest BCUT2D eigenvalue weighted by Crippen LogP contribution is 2.20. The molecule has 1 aromatic rings. The number of nitrogens with one attached hydrogen (secondary N) is 2. The first-order valence-corrected chi connectivity index (χ1v) is 6.14. The molecule has 18 heavy (non-hydrogen) atoms. The Balaban J connectivity index is 2.65. The predicted molar refractivity (Wildman–Crippen MR) is 71.8 cm³/mol. The number of rotatable bonds is 4. The molecule has 0 saturated heterocycles. The lowest BCUT2D eigenvalue weighted by Gasteiger charge is -2.12. The lowest BCUT2D eigenvalue weighted by atomic mass is 10.1. The van der Waals surface area contributed by atoms with E-state index < -0.39 is 6.04 Å². The van der Waals surface area contributed by atoms with Gasteiger partial charge in [0, 0.05) is 17.1 Å². The maximum atomic E-state index is 11.7. The van der Waals surface area contributed by atoms with Crippen molar-refractivity contribution in [2.45, 2.75) is 19.4 Å². The topological polar surface area (TPSA) is 58.2 Å². The first-order chi connectivity index (χ1) is 8.43. The molecule has 0 aromatic heterocycles. The minimum Gasteiger partial charge on any atom is -0.357 e. The third-order valence-corrected chi connectivity index (χ3v) is 2.98. The molecule has 6 heteroatoms. The van der Waals surface area contributed by atoms with Gasteiger partial charge in [-0.25, -0.2) is 0 Å². The number of benzene rings is 1. The van der Waals surface area contributed by atoms with E-state index in [0.717, 1.165) is 0 Å². The lowest BCUT2D eigenvalue weighted by molar-refractivity contribution is -0.128. The second-order valence-corrected chi connectivity index (χ2v) is 4.66. The van der Waals surface area contributed by atoms with Gasteiger partial charge in [-0.15, -0.1) is 0 Å². The van der Waals surface area contributed by atoms with Gasteiger partial charge in [0.05, 0.1) is 6.42 Å². The number of halogens is 2. The van der Waals surface area contributed by atoms with Gasteiger partial charge in [0.2, 0.25) is 11.8 Å². The Morgan fingerprint density at radius 2 is 2.00 bits per heavy atom. The Bertz CT molecular complexity index is 463. The molecule has 0 saturated carbocycles. The molecule has 98 valence electrons. The second kappa shape index (κ2) is 6.61. The predicted octanol–water partition coefficient (Wildman–Crippen LogP) is 1.79. The Labute approximate surface area is 116 Å². The third-order valence-electron chi connectivity index (χ3n) is 2.38. The number of hydrogen-bond donors (Lipinski definition) is 2. The van der Waals surface area contributed by atoms with Gasteiger partial charge in [0.25, 0.3) is 0 Å². The van der Waals surface area contributed by atoms with Gasteiger partial charge >= 0.3 is 0 Å². The average molecular weight is 289 g/mol. The van der Waals surface area contributed by atoms with Crippen molar-refractivity contribution in [3.05, 3.63) is 33.8 Å². The molecule has 0 spiro atoms. The summed E-state index contributed by atoms with van der Waals surface area (Å²) < 4.78 is 0. The molecule has 0 aliphatic carbocycles. The van der Waals surface area contributed by atoms with Gasteiger partial charge in [-0.3, -0.25) is 9.59 Å². The van der Waals surface area contributed by atoms with E-state index in [1.54, 1.807) is 25.1 Å². The highest BCUT2D eigenvalue weighted by molar-refractivity contribution is 6.33. The summed E-state index contributed by atoms with van der Waals surface area (Å²) in [5, 5.41) is 6.02. The van der Waals surface area contributed by atoms with Crippen LogP contribution in [-0.2, 0) is 16.0 Å². The zero-order valence-electron chi connectivity index (χ0n) is 10.1. The van der Waals surface area contributed by atoms with E-state index in [9.17, 15) is 9.59 Å². The van der Waals surface area contributed by atoms with Crippen LogP contribution in [0.3, 0.4) is 0 Å². The van der Waals surface area contributed by atoms with Gasteiger partial charge in [-0.2, -0.15) is 0 Å². The summed E-state index contributed by atoms with van der Waals surface area (Å²) >= 11 is 11.8. The first kappa shape index (κ1) is 14.8. The standard InChI is InChI=1S/C12H14Cl2N2O2/c1-7(12(18)15-2)16-11(17)6-8-5-9(13)3-4-10(8)14/h3-5,7H,6H2,1-2H3,(H,15,18)(H,16,17)/t7-/m0/s1. The molecule has 0 unspecified atom stereocenters. The van der Waals surface area contributed by atoms with Gasteiger partial charge in [-0.05, 0) is 30.7 Å². The fraction of sp³-hybridized carbons (Fsp3) is 0.333. The summed E-state index contributed by atoms with van der Waals surface area (Å²) in [4.78, 5) is 23.0. The summed E-state index contributed by atoms with van der Waals surface area (Å²) in [6.07, 6.45) is 0.0841. The van der Waals surface area contributed by atoms with Crippen molar-refractivity contribution >= 4 is 35.0 Å². The van der Waals surface area contributed by atoms with Crippen LogP contribution in [0, 0.1) is 0 Å². The molecule has 0 fully saturated rings. The van der Waals surface area contributed by atoms with Crippen molar-refractivity contribution < 1.29 is 9.59 Å². The molecule has 0 radical (unpaired) electrons. The summed E-state index contributed by atoms with van der Waals surface area (Å²) in [6, 6.07) is 4.33. The van der Waals surface area contributed by atoms with E-state index in [4.69, 9.17) is 23.2 Å². The number of likely N-dealkylation sites (N-methyl/N-ethyl adjacent to an activating group) is 1. The minimum absolute atomic E-state index is 0.0841. The first-order valence-electron chi connectivity index (χ1n) is 5.39. The van der Waals surface area contributed by atoms with Crippen LogP contribution in [0.5, 0.6) is 0 Å². The van der Waals surface area contributed by atoms with Crippen LogP contribution in [0.4, 0.5) is 0 Å². The quantitative estimate of drug-likeness (QED) is 0.887. The van der Waals surface area contributed by atoms with Crippen molar-refractivity contribution in [1.29, 1.82) is 0 Å². The van der Waals surface area contributed by atoms with Gasteiger partial charge < -0.3 is 10.6 Å². The molecule has 0 aliphatic rings. The summed E-state index contributed by atoms with van der Waals surface area (Å²) in [6.45, 7) is 1.61. The third kappa shape index (κ3) is 4.20. The van der Waals surface area contributed by atoms with E-state index in [2.05, 4.69) is 10.6 Å². The molecule has 2 N–H and O–H groups in total. The number of amides is 2. The van der Waals surface area contributed by atoms with Crippen LogP contribution in [0.1, 0.15) is 12.5 Å². The summed E-state index contributed by atoms with van der Waals surface area (Å²) in [7, 11) is 1.51. The van der Waals surface area contributed by atoms with Crippen LogP contribution in [0.2, 0.25) is 10.0 Å².